The molecule has 2 amide bonds. The van der Waals surface area contributed by atoms with Gasteiger partial charge >= 0.3 is 5.97 Å². The highest BCUT2D eigenvalue weighted by Crippen LogP contribution is 2.22. The zero-order chi connectivity index (χ0) is 16.0. The lowest BCUT2D eigenvalue weighted by molar-refractivity contribution is -0.138. The number of rotatable bonds is 6. The van der Waals surface area contributed by atoms with Gasteiger partial charge in [-0.25, -0.2) is 0 Å². The standard InChI is InChI=1S/C13H14Cl2N2O4/c1-17(5-4-12(19)20)11(18)7-16-13(21)8-2-3-9(14)10(15)6-8/h2-3,6H,4-5,7H2,1H3,(H,16,21)(H,19,20). The van der Waals surface area contributed by atoms with Crippen LogP contribution >= 0.6 is 23.2 Å². The van der Waals surface area contributed by atoms with Crippen molar-refractivity contribution in [3.8, 4) is 0 Å². The lowest BCUT2D eigenvalue weighted by Gasteiger charge is -2.16. The van der Waals surface area contributed by atoms with Gasteiger partial charge < -0.3 is 15.3 Å². The number of nitrogens with zero attached hydrogens (tertiary/aromatic N) is 1. The molecule has 21 heavy (non-hydrogen) atoms. The Kier molecular flexibility index (Phi) is 6.45. The van der Waals surface area contributed by atoms with Gasteiger partial charge in [-0.15, -0.1) is 0 Å². The van der Waals surface area contributed by atoms with Crippen molar-refractivity contribution >= 4 is 41.0 Å². The second kappa shape index (κ2) is 7.85. The summed E-state index contributed by atoms with van der Waals surface area (Å²) >= 11 is 11.5. The van der Waals surface area contributed by atoms with Crippen LogP contribution in [0.4, 0.5) is 0 Å². The zero-order valence-electron chi connectivity index (χ0n) is 11.2. The van der Waals surface area contributed by atoms with Crippen molar-refractivity contribution in [1.29, 1.82) is 0 Å². The van der Waals surface area contributed by atoms with Gasteiger partial charge in [-0.05, 0) is 18.2 Å². The van der Waals surface area contributed by atoms with Crippen LogP contribution in [0.1, 0.15) is 16.8 Å². The van der Waals surface area contributed by atoms with E-state index in [1.54, 1.807) is 0 Å². The Bertz CT molecular complexity index is 563. The molecule has 0 heterocycles. The first kappa shape index (κ1) is 17.3. The molecule has 0 aromatic heterocycles. The molecule has 0 radical (unpaired) electrons. The summed E-state index contributed by atoms with van der Waals surface area (Å²) in [5, 5.41) is 11.5. The molecule has 0 aliphatic carbocycles. The Balaban J connectivity index is 2.50. The van der Waals surface area contributed by atoms with Crippen molar-refractivity contribution < 1.29 is 19.5 Å². The molecule has 0 unspecified atom stereocenters. The number of carbonyl (C=O) groups is 3. The summed E-state index contributed by atoms with van der Waals surface area (Å²) in [6.07, 6.45) is -0.150. The Morgan fingerprint density at radius 1 is 1.24 bits per heavy atom. The molecular weight excluding hydrogens is 319 g/mol. The van der Waals surface area contributed by atoms with E-state index in [1.807, 2.05) is 0 Å². The Hall–Kier alpha value is -1.79. The van der Waals surface area contributed by atoms with E-state index in [9.17, 15) is 14.4 Å². The third kappa shape index (κ3) is 5.61. The maximum atomic E-state index is 11.8. The fourth-order valence-electron chi connectivity index (χ4n) is 1.42. The van der Waals surface area contributed by atoms with E-state index >= 15 is 0 Å². The average Bonchev–Trinajstić information content (AvgIpc) is 2.44. The summed E-state index contributed by atoms with van der Waals surface area (Å²) in [4.78, 5) is 35.2. The van der Waals surface area contributed by atoms with E-state index in [0.29, 0.717) is 5.02 Å². The molecule has 0 saturated heterocycles. The van der Waals surface area contributed by atoms with Gasteiger partial charge in [-0.3, -0.25) is 14.4 Å². The second-order valence-corrected chi connectivity index (χ2v) is 5.08. The van der Waals surface area contributed by atoms with E-state index in [4.69, 9.17) is 28.3 Å². The third-order valence-corrected chi connectivity index (χ3v) is 3.41. The number of amides is 2. The average molecular weight is 333 g/mol. The van der Waals surface area contributed by atoms with Gasteiger partial charge in [0, 0.05) is 19.2 Å². The molecule has 0 aliphatic heterocycles. The predicted molar refractivity (Wildman–Crippen MR) is 78.7 cm³/mol. The molecule has 0 spiro atoms. The molecule has 0 bridgehead atoms. The first-order valence-electron chi connectivity index (χ1n) is 6.00. The Morgan fingerprint density at radius 2 is 1.90 bits per heavy atom. The van der Waals surface area contributed by atoms with Crippen LogP contribution in [0.3, 0.4) is 0 Å². The number of nitrogens with one attached hydrogen (secondary N) is 1. The van der Waals surface area contributed by atoms with Crippen LogP contribution in [0, 0.1) is 0 Å². The smallest absolute Gasteiger partial charge is 0.305 e. The summed E-state index contributed by atoms with van der Waals surface area (Å²) < 4.78 is 0. The van der Waals surface area contributed by atoms with Crippen molar-refractivity contribution in [2.45, 2.75) is 6.42 Å². The minimum absolute atomic E-state index is 0.0802. The summed E-state index contributed by atoms with van der Waals surface area (Å²) in [7, 11) is 1.47. The third-order valence-electron chi connectivity index (χ3n) is 2.67. The van der Waals surface area contributed by atoms with E-state index in [1.165, 1.54) is 30.1 Å². The van der Waals surface area contributed by atoms with Crippen molar-refractivity contribution in [1.82, 2.24) is 10.2 Å². The number of aliphatic carboxylic acids is 1. The fraction of sp³-hybridized carbons (Fsp3) is 0.308. The number of hydrogen-bond donors (Lipinski definition) is 2. The number of carboxylic acids is 1. The lowest BCUT2D eigenvalue weighted by atomic mass is 10.2. The first-order valence-corrected chi connectivity index (χ1v) is 6.76. The summed E-state index contributed by atoms with van der Waals surface area (Å²) in [5.41, 5.74) is 0.283. The molecule has 0 aliphatic rings. The molecule has 1 aromatic rings. The number of hydrogen-bond acceptors (Lipinski definition) is 3. The lowest BCUT2D eigenvalue weighted by Crippen LogP contribution is -2.39. The van der Waals surface area contributed by atoms with Crippen LogP contribution in [-0.2, 0) is 9.59 Å². The molecule has 114 valence electrons. The van der Waals surface area contributed by atoms with Crippen LogP contribution in [0.15, 0.2) is 18.2 Å². The Labute approximate surface area is 131 Å². The van der Waals surface area contributed by atoms with Crippen molar-refractivity contribution in [3.05, 3.63) is 33.8 Å². The molecule has 2 N–H and O–H groups in total. The highest BCUT2D eigenvalue weighted by Gasteiger charge is 2.13. The second-order valence-electron chi connectivity index (χ2n) is 4.27. The van der Waals surface area contributed by atoms with Crippen LogP contribution in [0.25, 0.3) is 0 Å². The molecule has 0 saturated carbocycles. The SMILES string of the molecule is CN(CCC(=O)O)C(=O)CNC(=O)c1ccc(Cl)c(Cl)c1. The number of benzene rings is 1. The largest absolute Gasteiger partial charge is 0.481 e. The summed E-state index contributed by atoms with van der Waals surface area (Å²) in [6, 6.07) is 4.37. The first-order chi connectivity index (χ1) is 9.81. The molecule has 6 nitrogen and oxygen atoms in total. The highest BCUT2D eigenvalue weighted by atomic mass is 35.5. The molecule has 0 fully saturated rings. The molecule has 1 rings (SSSR count). The summed E-state index contributed by atoms with van der Waals surface area (Å²) in [5.74, 6) is -1.84. The molecule has 1 aromatic carbocycles. The van der Waals surface area contributed by atoms with Gasteiger partial charge in [0.25, 0.3) is 5.91 Å². The topological polar surface area (TPSA) is 86.7 Å². The van der Waals surface area contributed by atoms with Crippen molar-refractivity contribution in [2.24, 2.45) is 0 Å². The van der Waals surface area contributed by atoms with Gasteiger partial charge in [-0.2, -0.15) is 0 Å². The van der Waals surface area contributed by atoms with Gasteiger partial charge in [0.1, 0.15) is 0 Å². The van der Waals surface area contributed by atoms with E-state index in [-0.39, 0.29) is 36.0 Å². The van der Waals surface area contributed by atoms with Gasteiger partial charge in [0.15, 0.2) is 0 Å². The number of halogens is 2. The molecular formula is C13H14Cl2N2O4. The Morgan fingerprint density at radius 3 is 2.48 bits per heavy atom. The molecule has 0 atom stereocenters. The number of carboxylic acid groups (broad SMARTS) is 1. The summed E-state index contributed by atoms with van der Waals surface area (Å²) in [6.45, 7) is -0.147. The highest BCUT2D eigenvalue weighted by molar-refractivity contribution is 6.42. The predicted octanol–water partition coefficient (Wildman–Crippen LogP) is 1.66. The van der Waals surface area contributed by atoms with Crippen LogP contribution in [0.2, 0.25) is 10.0 Å². The van der Waals surface area contributed by atoms with E-state index in [0.717, 1.165) is 0 Å². The normalized spacial score (nSPS) is 10.0. The quantitative estimate of drug-likeness (QED) is 0.829. The number of likely N-dealkylation sites (N-methyl/N-ethyl adjacent to an activating group) is 1. The number of carbonyl (C=O) groups excluding carboxylic acids is 2. The monoisotopic (exact) mass is 332 g/mol. The van der Waals surface area contributed by atoms with Gasteiger partial charge in [-0.1, -0.05) is 23.2 Å². The van der Waals surface area contributed by atoms with Crippen molar-refractivity contribution in [3.63, 3.8) is 0 Å². The zero-order valence-corrected chi connectivity index (χ0v) is 12.7. The van der Waals surface area contributed by atoms with Crippen LogP contribution in [0.5, 0.6) is 0 Å². The minimum Gasteiger partial charge on any atom is -0.481 e. The maximum absolute atomic E-state index is 11.8. The van der Waals surface area contributed by atoms with E-state index < -0.39 is 11.9 Å². The van der Waals surface area contributed by atoms with Gasteiger partial charge in [0.05, 0.1) is 23.0 Å². The van der Waals surface area contributed by atoms with Crippen LogP contribution in [-0.4, -0.2) is 47.9 Å². The minimum atomic E-state index is -0.991. The van der Waals surface area contributed by atoms with Crippen molar-refractivity contribution in [2.75, 3.05) is 20.1 Å². The maximum Gasteiger partial charge on any atom is 0.305 e. The molecule has 8 heteroatoms. The van der Waals surface area contributed by atoms with E-state index in [2.05, 4.69) is 5.32 Å². The fourth-order valence-corrected chi connectivity index (χ4v) is 1.72. The van der Waals surface area contributed by atoms with Gasteiger partial charge in [0.2, 0.25) is 5.91 Å². The van der Waals surface area contributed by atoms with Crippen LogP contribution < -0.4 is 5.32 Å².